The number of carbonyl (C=O) groups excluding carboxylic acids is 2. The second kappa shape index (κ2) is 8.26. The lowest BCUT2D eigenvalue weighted by Gasteiger charge is -2.32. The van der Waals surface area contributed by atoms with Gasteiger partial charge in [-0.2, -0.15) is 0 Å². The molecule has 0 spiro atoms. The normalized spacial score (nSPS) is 17.9. The van der Waals surface area contributed by atoms with Gasteiger partial charge in [-0.25, -0.2) is 0 Å². The van der Waals surface area contributed by atoms with E-state index in [2.05, 4.69) is 14.9 Å². The molecule has 0 bridgehead atoms. The van der Waals surface area contributed by atoms with Gasteiger partial charge in [-0.05, 0) is 54.9 Å². The summed E-state index contributed by atoms with van der Waals surface area (Å²) in [6.45, 7) is 0. The highest BCUT2D eigenvalue weighted by Gasteiger charge is 2.43. The van der Waals surface area contributed by atoms with Crippen LogP contribution < -0.4 is 10.1 Å². The van der Waals surface area contributed by atoms with Gasteiger partial charge in [0.25, 0.3) is 5.91 Å². The number of aromatic nitrogens is 2. The standard InChI is InChI=1S/C20H24N4O3S/c1-27-16-8-4-5-13(11-16)18(19(25)21-14-6-2-3-7-14)24(15-9-10-15)20(26)17-12-28-23-22-17/h4-5,8,11-12,14-15,18H,2-3,6-7,9-10H2,1H3,(H,21,25)/t18-/m1/s1. The molecule has 1 aromatic carbocycles. The number of amides is 2. The van der Waals surface area contributed by atoms with Crippen molar-refractivity contribution >= 4 is 23.3 Å². The number of carbonyl (C=O) groups is 2. The summed E-state index contributed by atoms with van der Waals surface area (Å²) in [4.78, 5) is 28.3. The van der Waals surface area contributed by atoms with Gasteiger partial charge in [-0.3, -0.25) is 9.59 Å². The first-order chi connectivity index (χ1) is 13.7. The van der Waals surface area contributed by atoms with Crippen molar-refractivity contribution in [2.45, 2.75) is 56.7 Å². The molecular weight excluding hydrogens is 376 g/mol. The number of nitrogens with one attached hydrogen (secondary N) is 1. The molecule has 1 atom stereocenters. The van der Waals surface area contributed by atoms with Crippen LogP contribution in [-0.2, 0) is 4.79 Å². The Balaban J connectivity index is 1.69. The minimum absolute atomic E-state index is 0.0414. The molecule has 0 saturated heterocycles. The van der Waals surface area contributed by atoms with Crippen LogP contribution in [-0.4, -0.2) is 45.5 Å². The third-order valence-electron chi connectivity index (χ3n) is 5.39. The summed E-state index contributed by atoms with van der Waals surface area (Å²) >= 11 is 1.14. The van der Waals surface area contributed by atoms with Crippen LogP contribution in [0.25, 0.3) is 0 Å². The molecule has 0 aliphatic heterocycles. The van der Waals surface area contributed by atoms with Gasteiger partial charge in [0.05, 0.1) is 7.11 Å². The molecule has 1 N–H and O–H groups in total. The van der Waals surface area contributed by atoms with E-state index in [1.54, 1.807) is 17.4 Å². The van der Waals surface area contributed by atoms with Crippen molar-refractivity contribution in [3.8, 4) is 5.75 Å². The fourth-order valence-corrected chi connectivity index (χ4v) is 4.27. The minimum Gasteiger partial charge on any atom is -0.497 e. The van der Waals surface area contributed by atoms with Crippen LogP contribution in [0.2, 0.25) is 0 Å². The van der Waals surface area contributed by atoms with Crippen LogP contribution in [0.5, 0.6) is 5.75 Å². The first-order valence-corrected chi connectivity index (χ1v) is 10.5. The first kappa shape index (κ1) is 18.9. The van der Waals surface area contributed by atoms with E-state index in [0.717, 1.165) is 55.6 Å². The molecule has 7 nitrogen and oxygen atoms in total. The average molecular weight is 401 g/mol. The van der Waals surface area contributed by atoms with Crippen molar-refractivity contribution in [2.75, 3.05) is 7.11 Å². The zero-order valence-corrected chi connectivity index (χ0v) is 16.7. The number of methoxy groups -OCH3 is 1. The van der Waals surface area contributed by atoms with Gasteiger partial charge >= 0.3 is 0 Å². The van der Waals surface area contributed by atoms with Crippen molar-refractivity contribution in [3.05, 3.63) is 40.9 Å². The molecule has 2 fully saturated rings. The summed E-state index contributed by atoms with van der Waals surface area (Å²) in [6.07, 6.45) is 6.02. The second-order valence-corrected chi connectivity index (χ2v) is 8.01. The van der Waals surface area contributed by atoms with Crippen molar-refractivity contribution in [3.63, 3.8) is 0 Å². The number of ether oxygens (including phenoxy) is 1. The summed E-state index contributed by atoms with van der Waals surface area (Å²) < 4.78 is 9.17. The molecular formula is C20H24N4O3S. The topological polar surface area (TPSA) is 84.4 Å². The minimum atomic E-state index is -0.711. The van der Waals surface area contributed by atoms with E-state index < -0.39 is 6.04 Å². The summed E-state index contributed by atoms with van der Waals surface area (Å²) in [5.74, 6) is 0.281. The van der Waals surface area contributed by atoms with E-state index in [0.29, 0.717) is 11.4 Å². The van der Waals surface area contributed by atoms with Crippen LogP contribution in [0, 0.1) is 0 Å². The molecule has 8 heteroatoms. The van der Waals surface area contributed by atoms with Crippen LogP contribution in [0.4, 0.5) is 0 Å². The Morgan fingerprint density at radius 1 is 1.25 bits per heavy atom. The number of rotatable bonds is 7. The Bertz CT molecular complexity index is 832. The Kier molecular flexibility index (Phi) is 5.57. The molecule has 4 rings (SSSR count). The average Bonchev–Trinajstić information content (AvgIpc) is 3.17. The molecule has 2 amide bonds. The lowest BCUT2D eigenvalue weighted by molar-refractivity contribution is -0.126. The van der Waals surface area contributed by atoms with Gasteiger partial charge in [0.2, 0.25) is 5.91 Å². The number of nitrogens with zero attached hydrogens (tertiary/aromatic N) is 3. The zero-order valence-electron chi connectivity index (χ0n) is 15.8. The monoisotopic (exact) mass is 400 g/mol. The Labute approximate surface area is 168 Å². The van der Waals surface area contributed by atoms with Gasteiger partial charge in [0.1, 0.15) is 11.8 Å². The summed E-state index contributed by atoms with van der Waals surface area (Å²) in [7, 11) is 1.59. The third-order valence-corrected chi connectivity index (χ3v) is 5.90. The van der Waals surface area contributed by atoms with E-state index in [1.807, 2.05) is 24.3 Å². The second-order valence-electron chi connectivity index (χ2n) is 7.40. The fourth-order valence-electron chi connectivity index (χ4n) is 3.84. The predicted octanol–water partition coefficient (Wildman–Crippen LogP) is 2.95. The van der Waals surface area contributed by atoms with Crippen LogP contribution in [0.1, 0.15) is 60.6 Å². The van der Waals surface area contributed by atoms with E-state index in [-0.39, 0.29) is 23.9 Å². The van der Waals surface area contributed by atoms with Crippen molar-refractivity contribution in [1.82, 2.24) is 19.8 Å². The maximum absolute atomic E-state index is 13.4. The number of hydrogen-bond donors (Lipinski definition) is 1. The molecule has 2 aliphatic rings. The van der Waals surface area contributed by atoms with Crippen molar-refractivity contribution < 1.29 is 14.3 Å². The van der Waals surface area contributed by atoms with Gasteiger partial charge in [0, 0.05) is 17.5 Å². The SMILES string of the molecule is COc1cccc([C@H](C(=O)NC2CCCC2)N(C(=O)c2csnn2)C2CC2)c1. The van der Waals surface area contributed by atoms with E-state index in [1.165, 1.54) is 0 Å². The summed E-state index contributed by atoms with van der Waals surface area (Å²) in [5, 5.41) is 8.75. The van der Waals surface area contributed by atoms with Crippen LogP contribution in [0.15, 0.2) is 29.6 Å². The van der Waals surface area contributed by atoms with E-state index in [4.69, 9.17) is 4.74 Å². The predicted molar refractivity (Wildman–Crippen MR) is 105 cm³/mol. The highest BCUT2D eigenvalue weighted by atomic mass is 32.1. The van der Waals surface area contributed by atoms with Gasteiger partial charge in [-0.15, -0.1) is 5.10 Å². The number of benzene rings is 1. The highest BCUT2D eigenvalue weighted by Crippen LogP contribution is 2.37. The Morgan fingerprint density at radius 2 is 2.04 bits per heavy atom. The maximum Gasteiger partial charge on any atom is 0.276 e. The molecule has 2 saturated carbocycles. The molecule has 0 unspecified atom stereocenters. The Hall–Kier alpha value is -2.48. The summed E-state index contributed by atoms with van der Waals surface area (Å²) in [6, 6.07) is 6.91. The molecule has 1 heterocycles. The van der Waals surface area contributed by atoms with Gasteiger partial charge in [0.15, 0.2) is 5.69 Å². The Morgan fingerprint density at radius 3 is 2.68 bits per heavy atom. The quantitative estimate of drug-likeness (QED) is 0.772. The largest absolute Gasteiger partial charge is 0.497 e. The molecule has 2 aliphatic carbocycles. The van der Waals surface area contributed by atoms with Crippen LogP contribution >= 0.6 is 11.5 Å². The molecule has 28 heavy (non-hydrogen) atoms. The van der Waals surface area contributed by atoms with Crippen molar-refractivity contribution in [2.24, 2.45) is 0 Å². The highest BCUT2D eigenvalue weighted by molar-refractivity contribution is 7.03. The lowest BCUT2D eigenvalue weighted by atomic mass is 10.0. The third kappa shape index (κ3) is 4.01. The first-order valence-electron chi connectivity index (χ1n) is 9.71. The molecule has 148 valence electrons. The van der Waals surface area contributed by atoms with Gasteiger partial charge in [-0.1, -0.05) is 29.5 Å². The molecule has 0 radical (unpaired) electrons. The fraction of sp³-hybridized carbons (Fsp3) is 0.500. The lowest BCUT2D eigenvalue weighted by Crippen LogP contribution is -2.47. The van der Waals surface area contributed by atoms with Gasteiger partial charge < -0.3 is 15.0 Å². The molecule has 1 aromatic heterocycles. The van der Waals surface area contributed by atoms with E-state index >= 15 is 0 Å². The summed E-state index contributed by atoms with van der Waals surface area (Å²) in [5.41, 5.74) is 1.04. The van der Waals surface area contributed by atoms with Crippen LogP contribution in [0.3, 0.4) is 0 Å². The zero-order chi connectivity index (χ0) is 19.5. The smallest absolute Gasteiger partial charge is 0.276 e. The number of hydrogen-bond acceptors (Lipinski definition) is 6. The maximum atomic E-state index is 13.4. The van der Waals surface area contributed by atoms with Crippen molar-refractivity contribution in [1.29, 1.82) is 0 Å². The van der Waals surface area contributed by atoms with E-state index in [9.17, 15) is 9.59 Å². The molecule has 2 aromatic rings.